The van der Waals surface area contributed by atoms with Gasteiger partial charge in [0, 0.05) is 30.3 Å². The van der Waals surface area contributed by atoms with Crippen molar-refractivity contribution in [1.82, 2.24) is 14.9 Å². The smallest absolute Gasteiger partial charge is 0.336 e. The summed E-state index contributed by atoms with van der Waals surface area (Å²) in [5.74, 6) is 0.214. The van der Waals surface area contributed by atoms with Gasteiger partial charge in [0.15, 0.2) is 0 Å². The number of nitrogens with zero attached hydrogens (tertiary/aromatic N) is 2. The molecule has 9 heteroatoms. The summed E-state index contributed by atoms with van der Waals surface area (Å²) in [6.45, 7) is 8.50. The molecule has 2 unspecified atom stereocenters. The number of imidazole rings is 1. The Morgan fingerprint density at radius 3 is 2.31 bits per heavy atom. The zero-order valence-corrected chi connectivity index (χ0v) is 29.3. The van der Waals surface area contributed by atoms with E-state index in [1.807, 2.05) is 99.6 Å². The quantitative estimate of drug-likeness (QED) is 0.113. The van der Waals surface area contributed by atoms with E-state index >= 15 is 0 Å². The molecule has 1 heterocycles. The van der Waals surface area contributed by atoms with Crippen LogP contribution >= 0.6 is 11.8 Å². The number of aromatic nitrogens is 2. The lowest BCUT2D eigenvalue weighted by atomic mass is 9.98. The highest BCUT2D eigenvalue weighted by molar-refractivity contribution is 8.13. The average Bonchev–Trinajstić information content (AvgIpc) is 3.44. The maximum absolute atomic E-state index is 13.9. The Morgan fingerprint density at radius 1 is 0.939 bits per heavy atom. The lowest BCUT2D eigenvalue weighted by Gasteiger charge is -2.20. The van der Waals surface area contributed by atoms with E-state index < -0.39 is 12.0 Å². The molecule has 8 nitrogen and oxygen atoms in total. The summed E-state index contributed by atoms with van der Waals surface area (Å²) >= 11 is 1.18. The Kier molecular flexibility index (Phi) is 11.7. The van der Waals surface area contributed by atoms with Gasteiger partial charge in [-0.15, -0.1) is 0 Å². The minimum atomic E-state index is -0.960. The summed E-state index contributed by atoms with van der Waals surface area (Å²) in [5, 5.41) is 12.8. The number of carbonyl (C=O) groups excluding carboxylic acids is 2. The van der Waals surface area contributed by atoms with E-state index in [0.717, 1.165) is 52.0 Å². The van der Waals surface area contributed by atoms with Crippen LogP contribution in [0.25, 0.3) is 22.2 Å². The number of fused-ring (bicyclic) bond motifs is 1. The number of thioether (sulfide) groups is 1. The number of benzene rings is 4. The molecule has 254 valence electrons. The van der Waals surface area contributed by atoms with E-state index in [1.54, 1.807) is 12.1 Å². The predicted molar refractivity (Wildman–Crippen MR) is 198 cm³/mol. The molecule has 1 amide bonds. The van der Waals surface area contributed by atoms with Crippen LogP contribution in [0.2, 0.25) is 0 Å². The van der Waals surface area contributed by atoms with Crippen molar-refractivity contribution in [1.29, 1.82) is 0 Å². The molecular formula is C40H44N4O4S. The zero-order chi connectivity index (χ0) is 35.1. The van der Waals surface area contributed by atoms with Gasteiger partial charge in [0.2, 0.25) is 5.12 Å². The van der Waals surface area contributed by atoms with Crippen molar-refractivity contribution < 1.29 is 19.5 Å². The van der Waals surface area contributed by atoms with E-state index in [4.69, 9.17) is 10.7 Å². The molecule has 5 aromatic rings. The third-order valence-corrected chi connectivity index (χ3v) is 9.83. The van der Waals surface area contributed by atoms with Gasteiger partial charge in [-0.2, -0.15) is 0 Å². The van der Waals surface area contributed by atoms with Crippen molar-refractivity contribution in [2.45, 2.75) is 65.6 Å². The lowest BCUT2D eigenvalue weighted by Crippen LogP contribution is -2.40. The number of nitrogens with one attached hydrogen (secondary N) is 1. The normalized spacial score (nSPS) is 12.6. The summed E-state index contributed by atoms with van der Waals surface area (Å²) in [6.07, 6.45) is 2.28. The molecule has 0 saturated heterocycles. The van der Waals surface area contributed by atoms with Crippen molar-refractivity contribution in [3.63, 3.8) is 0 Å². The number of carboxylic acids is 1. The summed E-state index contributed by atoms with van der Waals surface area (Å²) in [4.78, 5) is 43.4. The van der Waals surface area contributed by atoms with Crippen LogP contribution in [0.4, 0.5) is 0 Å². The van der Waals surface area contributed by atoms with Crippen molar-refractivity contribution in [3.8, 4) is 11.1 Å². The van der Waals surface area contributed by atoms with Crippen LogP contribution in [0.3, 0.4) is 0 Å². The van der Waals surface area contributed by atoms with E-state index in [-0.39, 0.29) is 28.5 Å². The molecule has 0 fully saturated rings. The fraction of sp³-hybridized carbons (Fsp3) is 0.300. The molecule has 0 bridgehead atoms. The molecule has 0 spiro atoms. The number of carboxylic acid groups (broad SMARTS) is 1. The number of hydrogen-bond acceptors (Lipinski definition) is 6. The van der Waals surface area contributed by atoms with Gasteiger partial charge in [-0.25, -0.2) is 9.78 Å². The molecule has 0 aliphatic heterocycles. The molecular weight excluding hydrogens is 633 g/mol. The Labute approximate surface area is 292 Å². The lowest BCUT2D eigenvalue weighted by molar-refractivity contribution is -0.112. The van der Waals surface area contributed by atoms with Crippen LogP contribution < -0.4 is 11.1 Å². The van der Waals surface area contributed by atoms with Crippen molar-refractivity contribution >= 4 is 39.8 Å². The molecule has 1 aromatic heterocycles. The Morgan fingerprint density at radius 2 is 1.63 bits per heavy atom. The number of aromatic carboxylic acids is 1. The number of hydrogen-bond donors (Lipinski definition) is 3. The highest BCUT2D eigenvalue weighted by Crippen LogP contribution is 2.27. The highest BCUT2D eigenvalue weighted by atomic mass is 32.2. The third kappa shape index (κ3) is 8.66. The molecule has 0 radical (unpaired) electrons. The maximum Gasteiger partial charge on any atom is 0.336 e. The van der Waals surface area contributed by atoms with Crippen LogP contribution in [0.1, 0.15) is 70.4 Å². The standard InChI is InChI=1S/C40H44N4O4S/c1-5-11-35-43-37-26(4)20-30(38(45)42-31(21-27-12-7-6-8-13-27)24-49-40(48)36(41)25(2)3)22-34(37)44(35)23-28-16-18-29(19-17-28)32-14-9-10-15-33(32)39(46)47/h6-10,12-20,22,25,31,36H,5,11,21,23-24,41H2,1-4H3,(H,42,45)(H,46,47). The monoisotopic (exact) mass is 676 g/mol. The summed E-state index contributed by atoms with van der Waals surface area (Å²) in [6, 6.07) is 27.8. The van der Waals surface area contributed by atoms with Gasteiger partial charge in [-0.3, -0.25) is 9.59 Å². The predicted octanol–water partition coefficient (Wildman–Crippen LogP) is 7.29. The molecule has 0 aliphatic rings. The molecule has 49 heavy (non-hydrogen) atoms. The third-order valence-electron chi connectivity index (χ3n) is 8.70. The molecule has 2 atom stereocenters. The number of aryl methyl sites for hydroxylation is 2. The minimum Gasteiger partial charge on any atom is -0.478 e. The zero-order valence-electron chi connectivity index (χ0n) is 28.5. The van der Waals surface area contributed by atoms with Crippen LogP contribution in [0.5, 0.6) is 0 Å². The number of rotatable bonds is 14. The number of nitrogens with two attached hydrogens (primary N) is 1. The van der Waals surface area contributed by atoms with Gasteiger partial charge in [-0.1, -0.05) is 105 Å². The van der Waals surface area contributed by atoms with Crippen LogP contribution in [-0.2, 0) is 24.2 Å². The summed E-state index contributed by atoms with van der Waals surface area (Å²) in [5.41, 5.74) is 13.2. The second-order valence-corrected chi connectivity index (χ2v) is 13.9. The SMILES string of the molecule is CCCc1nc2c(C)cc(C(=O)NC(CSC(=O)C(N)C(C)C)Cc3ccccc3)cc2n1Cc1ccc(-c2ccccc2C(=O)O)cc1. The van der Waals surface area contributed by atoms with Gasteiger partial charge >= 0.3 is 5.97 Å². The maximum atomic E-state index is 13.9. The Balaban J connectivity index is 1.42. The van der Waals surface area contributed by atoms with Crippen molar-refractivity contribution in [2.75, 3.05) is 5.75 Å². The second-order valence-electron chi connectivity index (χ2n) is 12.8. The first-order valence-corrected chi connectivity index (χ1v) is 17.7. The second kappa shape index (κ2) is 16.1. The Bertz CT molecular complexity index is 1940. The molecule has 0 aliphatic carbocycles. The van der Waals surface area contributed by atoms with Crippen LogP contribution in [0.15, 0.2) is 91.0 Å². The number of amides is 1. The highest BCUT2D eigenvalue weighted by Gasteiger charge is 2.23. The van der Waals surface area contributed by atoms with Crippen LogP contribution in [-0.4, -0.2) is 49.5 Å². The first-order chi connectivity index (χ1) is 23.5. The van der Waals surface area contributed by atoms with Crippen molar-refractivity contribution in [3.05, 3.63) is 125 Å². The van der Waals surface area contributed by atoms with Gasteiger partial charge in [0.1, 0.15) is 5.82 Å². The fourth-order valence-corrected chi connectivity index (χ4v) is 6.96. The van der Waals surface area contributed by atoms with E-state index in [9.17, 15) is 19.5 Å². The molecule has 4 N–H and O–H groups in total. The van der Waals surface area contributed by atoms with Crippen LogP contribution in [0, 0.1) is 12.8 Å². The first-order valence-electron chi connectivity index (χ1n) is 16.7. The first kappa shape index (κ1) is 35.6. The average molecular weight is 677 g/mol. The minimum absolute atomic E-state index is 0.0332. The summed E-state index contributed by atoms with van der Waals surface area (Å²) < 4.78 is 2.17. The molecule has 5 rings (SSSR count). The van der Waals surface area contributed by atoms with E-state index in [1.165, 1.54) is 11.8 Å². The van der Waals surface area contributed by atoms with Gasteiger partial charge in [-0.05, 0) is 71.7 Å². The fourth-order valence-electron chi connectivity index (χ4n) is 5.93. The van der Waals surface area contributed by atoms with Gasteiger partial charge < -0.3 is 20.7 Å². The van der Waals surface area contributed by atoms with E-state index in [2.05, 4.69) is 16.8 Å². The van der Waals surface area contributed by atoms with E-state index in [0.29, 0.717) is 29.8 Å². The topological polar surface area (TPSA) is 127 Å². The number of carbonyl (C=O) groups is 3. The van der Waals surface area contributed by atoms with Gasteiger partial charge in [0.25, 0.3) is 5.91 Å². The van der Waals surface area contributed by atoms with Crippen molar-refractivity contribution in [2.24, 2.45) is 11.7 Å². The molecule has 4 aromatic carbocycles. The van der Waals surface area contributed by atoms with Gasteiger partial charge in [0.05, 0.1) is 22.6 Å². The Hall–Kier alpha value is -4.73. The molecule has 0 saturated carbocycles. The largest absolute Gasteiger partial charge is 0.478 e. The summed E-state index contributed by atoms with van der Waals surface area (Å²) in [7, 11) is 0.